The van der Waals surface area contributed by atoms with Gasteiger partial charge in [-0.3, -0.25) is 0 Å². The van der Waals surface area contributed by atoms with Gasteiger partial charge in [0.2, 0.25) is 0 Å². The lowest BCUT2D eigenvalue weighted by molar-refractivity contribution is 0.578. The number of hydrogen-bond donors (Lipinski definition) is 0. The van der Waals surface area contributed by atoms with Gasteiger partial charge in [0.15, 0.2) is 0 Å². The molecule has 80 valence electrons. The van der Waals surface area contributed by atoms with Crippen molar-refractivity contribution in [3.63, 3.8) is 0 Å². The van der Waals surface area contributed by atoms with Crippen LogP contribution in [0.1, 0.15) is 19.6 Å². The van der Waals surface area contributed by atoms with Crippen LogP contribution in [0.5, 0.6) is 0 Å². The Morgan fingerprint density at radius 2 is 1.87 bits per heavy atom. The monoisotopic (exact) mass is 203 g/mol. The van der Waals surface area contributed by atoms with Crippen molar-refractivity contribution in [1.82, 2.24) is 0 Å². The highest BCUT2D eigenvalue weighted by molar-refractivity contribution is 5.81. The Bertz CT molecular complexity index is 455. The molecule has 0 amide bonds. The van der Waals surface area contributed by atoms with Gasteiger partial charge in [0.05, 0.1) is 0 Å². The highest BCUT2D eigenvalue weighted by Gasteiger charge is 2.05. The molecule has 0 fully saturated rings. The molecule has 0 N–H and O–H groups in total. The molecule has 0 spiro atoms. The molecule has 1 aromatic carbocycles. The van der Waals surface area contributed by atoms with E-state index < -0.39 is 0 Å². The maximum atomic E-state index is 5.62. The molecule has 1 heterocycles. The van der Waals surface area contributed by atoms with Crippen molar-refractivity contribution in [2.24, 2.45) is 0 Å². The van der Waals surface area contributed by atoms with E-state index in [1.165, 1.54) is 11.1 Å². The van der Waals surface area contributed by atoms with Gasteiger partial charge in [0, 0.05) is 30.2 Å². The van der Waals surface area contributed by atoms with Crippen LogP contribution in [0.25, 0.3) is 11.0 Å². The normalized spacial score (nSPS) is 10.9. The molecule has 0 saturated heterocycles. The topological polar surface area (TPSA) is 16.4 Å². The number of nitrogens with zero attached hydrogens (tertiary/aromatic N) is 1. The van der Waals surface area contributed by atoms with Gasteiger partial charge in [0.1, 0.15) is 11.3 Å². The van der Waals surface area contributed by atoms with Gasteiger partial charge >= 0.3 is 0 Å². The van der Waals surface area contributed by atoms with E-state index in [0.29, 0.717) is 0 Å². The highest BCUT2D eigenvalue weighted by atomic mass is 16.3. The minimum Gasteiger partial charge on any atom is -0.461 e. The summed E-state index contributed by atoms with van der Waals surface area (Å²) in [7, 11) is 0. The fraction of sp³-hybridized carbons (Fsp3) is 0.385. The van der Waals surface area contributed by atoms with Gasteiger partial charge < -0.3 is 9.32 Å². The standard InChI is InChI=1S/C13H17NO/c1-4-14(5-2)12-7-6-11-8-10(3)15-13(11)9-12/h6-9H,4-5H2,1-3H3. The van der Waals surface area contributed by atoms with Crippen molar-refractivity contribution in [1.29, 1.82) is 0 Å². The van der Waals surface area contributed by atoms with Crippen molar-refractivity contribution in [2.75, 3.05) is 18.0 Å². The molecule has 2 nitrogen and oxygen atoms in total. The summed E-state index contributed by atoms with van der Waals surface area (Å²) in [5, 5.41) is 1.18. The first-order valence-electron chi connectivity index (χ1n) is 5.49. The summed E-state index contributed by atoms with van der Waals surface area (Å²) in [5.74, 6) is 0.974. The Morgan fingerprint density at radius 1 is 1.13 bits per heavy atom. The predicted octanol–water partition coefficient (Wildman–Crippen LogP) is 3.59. The summed E-state index contributed by atoms with van der Waals surface area (Å²) in [4.78, 5) is 2.32. The van der Waals surface area contributed by atoms with Crippen LogP contribution in [-0.4, -0.2) is 13.1 Å². The summed E-state index contributed by atoms with van der Waals surface area (Å²) in [6.07, 6.45) is 0. The second kappa shape index (κ2) is 3.97. The largest absolute Gasteiger partial charge is 0.461 e. The molecule has 0 saturated carbocycles. The summed E-state index contributed by atoms with van der Waals surface area (Å²) in [6, 6.07) is 8.47. The van der Waals surface area contributed by atoms with Gasteiger partial charge in [-0.1, -0.05) is 0 Å². The SMILES string of the molecule is CCN(CC)c1ccc2cc(C)oc2c1. The Labute approximate surface area is 90.5 Å². The lowest BCUT2D eigenvalue weighted by Gasteiger charge is -2.20. The lowest BCUT2D eigenvalue weighted by atomic mass is 10.2. The summed E-state index contributed by atoms with van der Waals surface area (Å²) in [5.41, 5.74) is 2.22. The van der Waals surface area contributed by atoms with E-state index in [1.807, 2.05) is 6.92 Å². The van der Waals surface area contributed by atoms with Gasteiger partial charge in [-0.25, -0.2) is 0 Å². The molecule has 0 aliphatic rings. The van der Waals surface area contributed by atoms with Crippen LogP contribution in [0.4, 0.5) is 5.69 Å². The Hall–Kier alpha value is -1.44. The number of furan rings is 1. The summed E-state index contributed by atoms with van der Waals surface area (Å²) < 4.78 is 5.62. The molecular weight excluding hydrogens is 186 g/mol. The Kier molecular flexibility index (Phi) is 2.67. The van der Waals surface area contributed by atoms with E-state index in [1.54, 1.807) is 0 Å². The Morgan fingerprint density at radius 3 is 2.53 bits per heavy atom. The first kappa shape index (κ1) is 10.1. The number of aryl methyl sites for hydroxylation is 1. The van der Waals surface area contributed by atoms with Crippen molar-refractivity contribution in [2.45, 2.75) is 20.8 Å². The zero-order chi connectivity index (χ0) is 10.8. The van der Waals surface area contributed by atoms with Crippen LogP contribution < -0.4 is 4.90 Å². The Balaban J connectivity index is 2.45. The van der Waals surface area contributed by atoms with Gasteiger partial charge in [-0.05, 0) is 39.0 Å². The third-order valence-electron chi connectivity index (χ3n) is 2.76. The molecule has 0 aliphatic carbocycles. The van der Waals surface area contributed by atoms with Gasteiger partial charge in [0.25, 0.3) is 0 Å². The molecule has 15 heavy (non-hydrogen) atoms. The molecule has 2 heteroatoms. The fourth-order valence-corrected chi connectivity index (χ4v) is 1.94. The minimum absolute atomic E-state index is 0.974. The average Bonchev–Trinajstić information content (AvgIpc) is 2.59. The van der Waals surface area contributed by atoms with Crippen LogP contribution in [0.3, 0.4) is 0 Å². The second-order valence-corrected chi connectivity index (χ2v) is 3.75. The quantitative estimate of drug-likeness (QED) is 0.758. The molecule has 0 bridgehead atoms. The van der Waals surface area contributed by atoms with Crippen molar-refractivity contribution in [3.05, 3.63) is 30.0 Å². The van der Waals surface area contributed by atoms with Gasteiger partial charge in [-0.2, -0.15) is 0 Å². The minimum atomic E-state index is 0.974. The number of hydrogen-bond acceptors (Lipinski definition) is 2. The van der Waals surface area contributed by atoms with Crippen LogP contribution >= 0.6 is 0 Å². The first-order valence-corrected chi connectivity index (χ1v) is 5.49. The molecular formula is C13H17NO. The van der Waals surface area contributed by atoms with Crippen molar-refractivity contribution in [3.8, 4) is 0 Å². The van der Waals surface area contributed by atoms with Crippen LogP contribution in [0, 0.1) is 6.92 Å². The number of rotatable bonds is 3. The molecule has 2 rings (SSSR count). The number of anilines is 1. The fourth-order valence-electron chi connectivity index (χ4n) is 1.94. The van der Waals surface area contributed by atoms with E-state index in [9.17, 15) is 0 Å². The smallest absolute Gasteiger partial charge is 0.136 e. The van der Waals surface area contributed by atoms with E-state index in [-0.39, 0.29) is 0 Å². The van der Waals surface area contributed by atoms with E-state index in [2.05, 4.69) is 43.0 Å². The maximum absolute atomic E-state index is 5.62. The zero-order valence-electron chi connectivity index (χ0n) is 9.58. The van der Waals surface area contributed by atoms with Crippen molar-refractivity contribution < 1.29 is 4.42 Å². The lowest BCUT2D eigenvalue weighted by Crippen LogP contribution is -2.21. The zero-order valence-corrected chi connectivity index (χ0v) is 9.58. The first-order chi connectivity index (χ1) is 7.24. The third kappa shape index (κ3) is 1.84. The molecule has 1 aromatic heterocycles. The number of benzene rings is 1. The van der Waals surface area contributed by atoms with Crippen LogP contribution in [0.2, 0.25) is 0 Å². The van der Waals surface area contributed by atoms with Crippen LogP contribution in [-0.2, 0) is 0 Å². The van der Waals surface area contributed by atoms with Gasteiger partial charge in [-0.15, -0.1) is 0 Å². The summed E-state index contributed by atoms with van der Waals surface area (Å²) >= 11 is 0. The molecule has 0 atom stereocenters. The highest BCUT2D eigenvalue weighted by Crippen LogP contribution is 2.24. The van der Waals surface area contributed by atoms with Crippen LogP contribution in [0.15, 0.2) is 28.7 Å². The number of fused-ring (bicyclic) bond motifs is 1. The van der Waals surface area contributed by atoms with Crippen molar-refractivity contribution >= 4 is 16.7 Å². The molecule has 2 aromatic rings. The molecule has 0 radical (unpaired) electrons. The van der Waals surface area contributed by atoms with E-state index in [0.717, 1.165) is 24.4 Å². The average molecular weight is 203 g/mol. The predicted molar refractivity (Wildman–Crippen MR) is 64.5 cm³/mol. The molecule has 0 unspecified atom stereocenters. The molecule has 0 aliphatic heterocycles. The third-order valence-corrected chi connectivity index (χ3v) is 2.76. The summed E-state index contributed by atoms with van der Waals surface area (Å²) in [6.45, 7) is 8.38. The second-order valence-electron chi connectivity index (χ2n) is 3.75. The van der Waals surface area contributed by atoms with E-state index >= 15 is 0 Å². The maximum Gasteiger partial charge on any atom is 0.136 e. The van der Waals surface area contributed by atoms with E-state index in [4.69, 9.17) is 4.42 Å².